The first-order valence-corrected chi connectivity index (χ1v) is 8.34. The lowest BCUT2D eigenvalue weighted by atomic mass is 10.0. The number of hydrogen-bond donors (Lipinski definition) is 2. The van der Waals surface area contributed by atoms with Gasteiger partial charge in [-0.15, -0.1) is 0 Å². The Morgan fingerprint density at radius 3 is 2.54 bits per heavy atom. The highest BCUT2D eigenvalue weighted by atomic mass is 19.1. The van der Waals surface area contributed by atoms with Gasteiger partial charge in [-0.1, -0.05) is 38.1 Å². The van der Waals surface area contributed by atoms with Gasteiger partial charge in [-0.25, -0.2) is 9.82 Å². The summed E-state index contributed by atoms with van der Waals surface area (Å²) in [5, 5.41) is 6.77. The number of hydrazone groups is 1. The second-order valence-electron chi connectivity index (χ2n) is 6.27. The highest BCUT2D eigenvalue weighted by Crippen LogP contribution is 2.23. The maximum Gasteiger partial charge on any atom is 0.271 e. The molecule has 2 aromatic rings. The number of anilines is 1. The van der Waals surface area contributed by atoms with E-state index in [0.29, 0.717) is 5.71 Å². The van der Waals surface area contributed by atoms with Crippen LogP contribution in [0.2, 0.25) is 0 Å². The summed E-state index contributed by atoms with van der Waals surface area (Å²) in [6.45, 7) is 5.75. The lowest BCUT2D eigenvalue weighted by Gasteiger charge is -2.13. The molecule has 0 saturated carbocycles. The predicted molar refractivity (Wildman–Crippen MR) is 101 cm³/mol. The summed E-state index contributed by atoms with van der Waals surface area (Å²) in [6, 6.07) is 12.9. The largest absolute Gasteiger partial charge is 0.325 e. The molecule has 0 aliphatic carbocycles. The molecule has 0 spiro atoms. The first-order valence-electron chi connectivity index (χ1n) is 8.34. The minimum absolute atomic E-state index is 0.0376. The van der Waals surface area contributed by atoms with Crippen LogP contribution in [-0.4, -0.2) is 17.5 Å². The normalized spacial score (nSPS) is 11.3. The first-order chi connectivity index (χ1) is 12.4. The number of para-hydroxylation sites is 1. The number of hydrogen-bond acceptors (Lipinski definition) is 3. The van der Waals surface area contributed by atoms with Crippen molar-refractivity contribution in [3.63, 3.8) is 0 Å². The Morgan fingerprint density at radius 1 is 1.12 bits per heavy atom. The number of nitrogens with one attached hydrogen (secondary N) is 2. The van der Waals surface area contributed by atoms with Gasteiger partial charge in [0.05, 0.1) is 6.42 Å². The van der Waals surface area contributed by atoms with E-state index in [1.54, 1.807) is 6.92 Å². The van der Waals surface area contributed by atoms with Gasteiger partial charge in [0.25, 0.3) is 5.91 Å². The number of nitrogens with zero attached hydrogens (tertiary/aromatic N) is 1. The van der Waals surface area contributed by atoms with Gasteiger partial charge in [-0.05, 0) is 42.7 Å². The Bertz CT molecular complexity index is 831. The molecule has 136 valence electrons. The number of benzene rings is 2. The SMILES string of the molecule is CC(CC(=O)Nc1ccccc1C(C)C)=NNC(=O)c1cccc(F)c1. The van der Waals surface area contributed by atoms with Crippen LogP contribution in [-0.2, 0) is 4.79 Å². The van der Waals surface area contributed by atoms with Gasteiger partial charge < -0.3 is 5.32 Å². The van der Waals surface area contributed by atoms with Crippen molar-refractivity contribution in [1.29, 1.82) is 0 Å². The summed E-state index contributed by atoms with van der Waals surface area (Å²) in [5.41, 5.74) is 4.75. The van der Waals surface area contributed by atoms with Crippen molar-refractivity contribution in [3.05, 3.63) is 65.5 Å². The van der Waals surface area contributed by atoms with Crippen LogP contribution >= 0.6 is 0 Å². The third-order valence-corrected chi connectivity index (χ3v) is 3.71. The lowest BCUT2D eigenvalue weighted by molar-refractivity contribution is -0.115. The van der Waals surface area contributed by atoms with Crippen LogP contribution in [0, 0.1) is 5.82 Å². The van der Waals surface area contributed by atoms with E-state index in [-0.39, 0.29) is 23.8 Å². The van der Waals surface area contributed by atoms with Gasteiger partial charge in [0.15, 0.2) is 0 Å². The zero-order chi connectivity index (χ0) is 19.1. The Hall–Kier alpha value is -3.02. The van der Waals surface area contributed by atoms with Crippen molar-refractivity contribution in [3.8, 4) is 0 Å². The van der Waals surface area contributed by atoms with Gasteiger partial charge in [0.1, 0.15) is 5.82 Å². The van der Waals surface area contributed by atoms with Gasteiger partial charge in [0, 0.05) is 17.0 Å². The van der Waals surface area contributed by atoms with Crippen molar-refractivity contribution in [2.45, 2.75) is 33.1 Å². The Morgan fingerprint density at radius 2 is 1.85 bits per heavy atom. The molecule has 0 fully saturated rings. The van der Waals surface area contributed by atoms with Crippen molar-refractivity contribution >= 4 is 23.2 Å². The van der Waals surface area contributed by atoms with E-state index in [2.05, 4.69) is 29.7 Å². The smallest absolute Gasteiger partial charge is 0.271 e. The molecule has 0 aromatic heterocycles. The second-order valence-corrected chi connectivity index (χ2v) is 6.27. The zero-order valence-electron chi connectivity index (χ0n) is 15.0. The Kier molecular flexibility index (Phi) is 6.60. The third kappa shape index (κ3) is 5.51. The molecule has 6 heteroatoms. The Labute approximate surface area is 152 Å². The summed E-state index contributed by atoms with van der Waals surface area (Å²) >= 11 is 0. The molecule has 0 aliphatic heterocycles. The molecule has 5 nitrogen and oxygen atoms in total. The molecule has 0 atom stereocenters. The van der Waals surface area contributed by atoms with Crippen LogP contribution in [0.4, 0.5) is 10.1 Å². The highest BCUT2D eigenvalue weighted by Gasteiger charge is 2.11. The third-order valence-electron chi connectivity index (χ3n) is 3.71. The monoisotopic (exact) mass is 355 g/mol. The van der Waals surface area contributed by atoms with E-state index >= 15 is 0 Å². The fourth-order valence-electron chi connectivity index (χ4n) is 2.42. The highest BCUT2D eigenvalue weighted by molar-refractivity contribution is 6.06. The maximum absolute atomic E-state index is 13.1. The van der Waals surface area contributed by atoms with Crippen molar-refractivity contribution in [2.75, 3.05) is 5.32 Å². The van der Waals surface area contributed by atoms with Crippen molar-refractivity contribution < 1.29 is 14.0 Å². The molecule has 2 N–H and O–H groups in total. The van der Waals surface area contributed by atoms with Crippen LogP contribution in [0.25, 0.3) is 0 Å². The molecule has 0 unspecified atom stereocenters. The maximum atomic E-state index is 13.1. The molecule has 0 bridgehead atoms. The van der Waals surface area contributed by atoms with E-state index in [4.69, 9.17) is 0 Å². The van der Waals surface area contributed by atoms with Crippen LogP contribution in [0.1, 0.15) is 49.0 Å². The van der Waals surface area contributed by atoms with Gasteiger partial charge >= 0.3 is 0 Å². The van der Waals surface area contributed by atoms with E-state index in [0.717, 1.165) is 17.3 Å². The fourth-order valence-corrected chi connectivity index (χ4v) is 2.42. The zero-order valence-corrected chi connectivity index (χ0v) is 15.0. The molecule has 0 radical (unpaired) electrons. The molecule has 2 rings (SSSR count). The topological polar surface area (TPSA) is 70.6 Å². The average Bonchev–Trinajstić information content (AvgIpc) is 2.59. The van der Waals surface area contributed by atoms with Crippen LogP contribution in [0.5, 0.6) is 0 Å². The number of carbonyl (C=O) groups is 2. The van der Waals surface area contributed by atoms with E-state index < -0.39 is 11.7 Å². The lowest BCUT2D eigenvalue weighted by Crippen LogP contribution is -2.21. The van der Waals surface area contributed by atoms with E-state index in [1.165, 1.54) is 18.2 Å². The van der Waals surface area contributed by atoms with Gasteiger partial charge in [0.2, 0.25) is 5.91 Å². The summed E-state index contributed by atoms with van der Waals surface area (Å²) < 4.78 is 13.1. The average molecular weight is 355 g/mol. The molecule has 0 aliphatic rings. The molecule has 0 saturated heterocycles. The van der Waals surface area contributed by atoms with Crippen LogP contribution in [0.3, 0.4) is 0 Å². The van der Waals surface area contributed by atoms with E-state index in [1.807, 2.05) is 24.3 Å². The number of amides is 2. The number of halogens is 1. The predicted octanol–water partition coefficient (Wildman–Crippen LogP) is 4.08. The second kappa shape index (κ2) is 8.89. The van der Waals surface area contributed by atoms with Crippen molar-refractivity contribution in [1.82, 2.24) is 5.43 Å². The summed E-state index contributed by atoms with van der Waals surface area (Å²) in [5.74, 6) is -0.970. The fraction of sp³-hybridized carbons (Fsp3) is 0.250. The summed E-state index contributed by atoms with van der Waals surface area (Å²) in [4.78, 5) is 24.1. The molecular formula is C20H22FN3O2. The van der Waals surface area contributed by atoms with Crippen LogP contribution < -0.4 is 10.7 Å². The Balaban J connectivity index is 1.94. The van der Waals surface area contributed by atoms with Crippen molar-refractivity contribution in [2.24, 2.45) is 5.10 Å². The minimum atomic E-state index is -0.533. The minimum Gasteiger partial charge on any atom is -0.325 e. The number of rotatable bonds is 6. The molecule has 0 heterocycles. The van der Waals surface area contributed by atoms with Gasteiger partial charge in [-0.3, -0.25) is 9.59 Å². The summed E-state index contributed by atoms with van der Waals surface area (Å²) in [7, 11) is 0. The molecule has 2 amide bonds. The number of carbonyl (C=O) groups excluding carboxylic acids is 2. The van der Waals surface area contributed by atoms with Gasteiger partial charge in [-0.2, -0.15) is 5.10 Å². The standard InChI is InChI=1S/C20H22FN3O2/c1-13(2)17-9-4-5-10-18(17)22-19(25)11-14(3)23-24-20(26)15-7-6-8-16(21)12-15/h4-10,12-13H,11H2,1-3H3,(H,22,25)(H,24,26). The molecular weight excluding hydrogens is 333 g/mol. The molecule has 26 heavy (non-hydrogen) atoms. The van der Waals surface area contributed by atoms with E-state index in [9.17, 15) is 14.0 Å². The van der Waals surface area contributed by atoms with Crippen LogP contribution in [0.15, 0.2) is 53.6 Å². The molecule has 2 aromatic carbocycles. The quantitative estimate of drug-likeness (QED) is 0.605. The first kappa shape index (κ1) is 19.3. The summed E-state index contributed by atoms with van der Waals surface area (Å²) in [6.07, 6.45) is 0.0376.